The van der Waals surface area contributed by atoms with Crippen molar-refractivity contribution in [1.29, 1.82) is 0 Å². The summed E-state index contributed by atoms with van der Waals surface area (Å²) >= 11 is 0. The second-order valence-corrected chi connectivity index (χ2v) is 7.58. The number of carbonyl (C=O) groups is 3. The summed E-state index contributed by atoms with van der Waals surface area (Å²) in [5.74, 6) is -0.725. The number of hydrogen-bond donors (Lipinski definition) is 1. The molecule has 0 aromatic heterocycles. The van der Waals surface area contributed by atoms with Crippen LogP contribution in [0.3, 0.4) is 0 Å². The van der Waals surface area contributed by atoms with E-state index >= 15 is 0 Å². The van der Waals surface area contributed by atoms with Gasteiger partial charge >= 0.3 is 6.03 Å². The average Bonchev–Trinajstić information content (AvgIpc) is 3.18. The molecule has 154 valence electrons. The van der Waals surface area contributed by atoms with Gasteiger partial charge in [0.2, 0.25) is 18.6 Å². The molecule has 29 heavy (non-hydrogen) atoms. The van der Waals surface area contributed by atoms with Crippen molar-refractivity contribution in [3.8, 4) is 11.5 Å². The molecule has 1 N–H and O–H groups in total. The van der Waals surface area contributed by atoms with Crippen molar-refractivity contribution in [3.63, 3.8) is 0 Å². The second kappa shape index (κ2) is 8.23. The predicted octanol–water partition coefficient (Wildman–Crippen LogP) is 2.79. The first kappa shape index (κ1) is 19.4. The first-order valence-corrected chi connectivity index (χ1v) is 10.2. The summed E-state index contributed by atoms with van der Waals surface area (Å²) < 4.78 is 10.7. The van der Waals surface area contributed by atoms with Crippen LogP contribution in [0, 0.1) is 5.92 Å². The van der Waals surface area contributed by atoms with Crippen LogP contribution in [0.4, 0.5) is 4.79 Å². The monoisotopic (exact) mass is 399 g/mol. The van der Waals surface area contributed by atoms with Crippen molar-refractivity contribution in [3.05, 3.63) is 23.8 Å². The number of rotatable bonds is 5. The molecule has 8 heteroatoms. The molecular weight excluding hydrogens is 374 g/mol. The molecule has 4 amide bonds. The molecule has 1 aromatic rings. The maximum atomic E-state index is 13.1. The van der Waals surface area contributed by atoms with E-state index in [9.17, 15) is 14.4 Å². The van der Waals surface area contributed by atoms with Gasteiger partial charge in [0.05, 0.1) is 6.54 Å². The number of hydrogen-bond acceptors (Lipinski definition) is 6. The Hall–Kier alpha value is -2.90. The summed E-state index contributed by atoms with van der Waals surface area (Å²) in [7, 11) is 0. The van der Waals surface area contributed by atoms with Crippen molar-refractivity contribution >= 4 is 23.6 Å². The van der Waals surface area contributed by atoms with Crippen molar-refractivity contribution in [2.75, 3.05) is 6.79 Å². The van der Waals surface area contributed by atoms with E-state index in [-0.39, 0.29) is 12.8 Å². The number of ether oxygens (including phenoxy) is 2. The molecule has 1 unspecified atom stereocenters. The highest BCUT2D eigenvalue weighted by atomic mass is 16.7. The largest absolute Gasteiger partial charge is 0.454 e. The first-order valence-electron chi connectivity index (χ1n) is 10.2. The zero-order valence-electron chi connectivity index (χ0n) is 16.5. The van der Waals surface area contributed by atoms with Gasteiger partial charge in [0.1, 0.15) is 0 Å². The summed E-state index contributed by atoms with van der Waals surface area (Å²) in [5, 5.41) is 2.36. The number of barbiturate groups is 1. The fraction of sp³-hybridized carbons (Fsp3) is 0.524. The molecule has 1 aliphatic carbocycles. The number of fused-ring (bicyclic) bond motifs is 1. The van der Waals surface area contributed by atoms with Crippen LogP contribution in [0.5, 0.6) is 11.5 Å². The number of carbonyl (C=O) groups excluding carboxylic acids is 3. The highest BCUT2D eigenvalue weighted by molar-refractivity contribution is 6.27. The molecule has 1 saturated heterocycles. The molecule has 2 heterocycles. The third-order valence-electron chi connectivity index (χ3n) is 5.73. The number of benzene rings is 1. The van der Waals surface area contributed by atoms with E-state index in [2.05, 4.69) is 10.3 Å². The third kappa shape index (κ3) is 3.83. The van der Waals surface area contributed by atoms with Gasteiger partial charge in [-0.25, -0.2) is 4.79 Å². The number of urea groups is 1. The van der Waals surface area contributed by atoms with Crippen LogP contribution in [-0.4, -0.2) is 41.3 Å². The molecule has 0 bridgehead atoms. The van der Waals surface area contributed by atoms with Crippen LogP contribution < -0.4 is 14.8 Å². The summed E-state index contributed by atoms with van der Waals surface area (Å²) in [6, 6.07) is 4.80. The minimum absolute atomic E-state index is 0.140. The van der Waals surface area contributed by atoms with Gasteiger partial charge < -0.3 is 9.47 Å². The van der Waals surface area contributed by atoms with Gasteiger partial charge in [-0.1, -0.05) is 32.3 Å². The molecular formula is C21H25N3O5. The van der Waals surface area contributed by atoms with E-state index in [1.807, 2.05) is 25.1 Å². The quantitative estimate of drug-likeness (QED) is 0.607. The fourth-order valence-corrected chi connectivity index (χ4v) is 4.21. The molecule has 8 nitrogen and oxygen atoms in total. The third-order valence-corrected chi connectivity index (χ3v) is 5.73. The Morgan fingerprint density at radius 1 is 1.14 bits per heavy atom. The number of nitrogens with zero attached hydrogens (tertiary/aromatic N) is 2. The summed E-state index contributed by atoms with van der Waals surface area (Å²) in [6.45, 7) is 2.37. The molecule has 0 radical (unpaired) electrons. The van der Waals surface area contributed by atoms with Crippen molar-refractivity contribution in [1.82, 2.24) is 10.2 Å². The van der Waals surface area contributed by atoms with Crippen LogP contribution in [0.1, 0.15) is 51.0 Å². The maximum Gasteiger partial charge on any atom is 0.331 e. The van der Waals surface area contributed by atoms with Crippen LogP contribution in [0.25, 0.3) is 0 Å². The number of imide groups is 2. The second-order valence-electron chi connectivity index (χ2n) is 7.58. The van der Waals surface area contributed by atoms with E-state index in [1.54, 1.807) is 0 Å². The van der Waals surface area contributed by atoms with Gasteiger partial charge in [0.25, 0.3) is 0 Å². The molecule has 2 aliphatic heterocycles. The molecule has 1 atom stereocenters. The Balaban J connectivity index is 1.54. The van der Waals surface area contributed by atoms with Crippen LogP contribution in [0.2, 0.25) is 0 Å². The summed E-state index contributed by atoms with van der Waals surface area (Å²) in [5.41, 5.74) is 1.38. The Kier molecular flexibility index (Phi) is 5.51. The molecule has 0 spiro atoms. The lowest BCUT2D eigenvalue weighted by molar-refractivity contribution is -0.141. The molecule has 4 rings (SSSR count). The summed E-state index contributed by atoms with van der Waals surface area (Å²) in [6.07, 6.45) is 5.10. The zero-order chi connectivity index (χ0) is 20.4. The SMILES string of the molecule is CCC(=NCc1ccc2c(c1)OCO2)C1C(=O)NC(=O)N(C2CCCCC2)C1=O. The predicted molar refractivity (Wildman–Crippen MR) is 105 cm³/mol. The molecule has 2 fully saturated rings. The zero-order valence-corrected chi connectivity index (χ0v) is 16.5. The van der Waals surface area contributed by atoms with Crippen molar-refractivity contribution in [2.45, 2.75) is 58.0 Å². The normalized spacial score (nSPS) is 22.8. The highest BCUT2D eigenvalue weighted by Gasteiger charge is 2.45. The topological polar surface area (TPSA) is 97.3 Å². The standard InChI is InChI=1S/C21H25N3O5/c1-2-15(22-11-13-8-9-16-17(10-13)29-12-28-16)18-19(25)23-21(27)24(20(18)26)14-6-4-3-5-7-14/h8-10,14,18H,2-7,11-12H2,1H3,(H,23,25,27). The Morgan fingerprint density at radius 3 is 2.66 bits per heavy atom. The van der Waals surface area contributed by atoms with Gasteiger partial charge in [-0.2, -0.15) is 0 Å². The average molecular weight is 399 g/mol. The van der Waals surface area contributed by atoms with Gasteiger partial charge in [-0.05, 0) is 37.0 Å². The van der Waals surface area contributed by atoms with Crippen LogP contribution in [0.15, 0.2) is 23.2 Å². The number of amides is 4. The minimum Gasteiger partial charge on any atom is -0.454 e. The van der Waals surface area contributed by atoms with Gasteiger partial charge in [0.15, 0.2) is 17.4 Å². The van der Waals surface area contributed by atoms with Crippen LogP contribution in [-0.2, 0) is 16.1 Å². The van der Waals surface area contributed by atoms with Crippen molar-refractivity contribution in [2.24, 2.45) is 10.9 Å². The van der Waals surface area contributed by atoms with Gasteiger partial charge in [-0.15, -0.1) is 0 Å². The minimum atomic E-state index is -1.05. The Labute approximate surface area is 169 Å². The van der Waals surface area contributed by atoms with E-state index in [0.29, 0.717) is 30.2 Å². The van der Waals surface area contributed by atoms with E-state index in [4.69, 9.17) is 9.47 Å². The number of nitrogens with one attached hydrogen (secondary N) is 1. The lowest BCUT2D eigenvalue weighted by Gasteiger charge is -2.37. The van der Waals surface area contributed by atoms with Crippen molar-refractivity contribution < 1.29 is 23.9 Å². The van der Waals surface area contributed by atoms with E-state index in [1.165, 1.54) is 4.90 Å². The smallest absolute Gasteiger partial charge is 0.331 e. The Morgan fingerprint density at radius 2 is 1.90 bits per heavy atom. The Bertz CT molecular complexity index is 860. The number of aliphatic imine (C=N–C) groups is 1. The lowest BCUT2D eigenvalue weighted by atomic mass is 9.90. The lowest BCUT2D eigenvalue weighted by Crippen LogP contribution is -2.62. The van der Waals surface area contributed by atoms with E-state index in [0.717, 1.165) is 37.7 Å². The maximum absolute atomic E-state index is 13.1. The van der Waals surface area contributed by atoms with Crippen LogP contribution >= 0.6 is 0 Å². The molecule has 3 aliphatic rings. The fourth-order valence-electron chi connectivity index (χ4n) is 4.21. The van der Waals surface area contributed by atoms with Gasteiger partial charge in [-0.3, -0.25) is 24.8 Å². The first-order chi connectivity index (χ1) is 14.1. The molecule has 1 saturated carbocycles. The van der Waals surface area contributed by atoms with E-state index < -0.39 is 23.8 Å². The van der Waals surface area contributed by atoms with Gasteiger partial charge in [0, 0.05) is 11.8 Å². The highest BCUT2D eigenvalue weighted by Crippen LogP contribution is 2.33. The molecule has 1 aromatic carbocycles. The summed E-state index contributed by atoms with van der Waals surface area (Å²) in [4.78, 5) is 43.8.